The van der Waals surface area contributed by atoms with E-state index in [2.05, 4.69) is 86.2 Å². The molecular weight excluding hydrogens is 1480 g/mol. The second-order valence-corrected chi connectivity index (χ2v) is 33.5. The number of thiazole rings is 2. The van der Waals surface area contributed by atoms with Gasteiger partial charge in [0.15, 0.2) is 0 Å². The Morgan fingerprint density at radius 3 is 1.33 bits per heavy atom. The summed E-state index contributed by atoms with van der Waals surface area (Å²) in [6, 6.07) is 34.9. The first-order chi connectivity index (χ1) is 52.6. The molecule has 0 spiro atoms. The number of likely N-dealkylation sites (tertiary alicyclic amines) is 2. The van der Waals surface area contributed by atoms with E-state index in [0.29, 0.717) is 43.9 Å². The number of hydrogen-bond acceptors (Lipinski definition) is 19. The SMILES string of the molecule is C.C.CC[C@H](C)[C@@H]([C@@H](CC(=O)N1CCC[C@H]1[C@H](OC)[C@@H](C)C(=O)C[C@@H](Cc1ccccc1)c1nccs1)OC)N(C)C(=O)[C@@H](N)CSC.CC[C@H](C)[C@@H]([C@@H](CC(=O)N1CCC[C@H]1[C@H](OC)[C@@H](C)C(=O)C[C@@H](Cc1ccccc1)c1nccs1)OC)N(C)C(=O)[C@H](CSC)CC(=O)OCC1c2ccccc2-c2ccccc21. The number of methoxy groups -OCH3 is 4. The van der Waals surface area contributed by atoms with Gasteiger partial charge in [-0.3, -0.25) is 33.6 Å². The Morgan fingerprint density at radius 2 is 0.955 bits per heavy atom. The van der Waals surface area contributed by atoms with Crippen molar-refractivity contribution in [2.24, 2.45) is 35.3 Å². The van der Waals surface area contributed by atoms with Crippen LogP contribution < -0.4 is 5.73 Å². The molecule has 2 aliphatic heterocycles. The first-order valence-corrected chi connectivity index (χ1v) is 43.4. The van der Waals surface area contributed by atoms with Gasteiger partial charge < -0.3 is 49.0 Å². The third-order valence-corrected chi connectivity index (χ3v) is 26.3. The molecule has 2 saturated heterocycles. The lowest BCUT2D eigenvalue weighted by atomic mass is 9.85. The Hall–Kier alpha value is -6.67. The molecule has 1 aliphatic carbocycles. The Kier molecular flexibility index (Phi) is 39.1. The van der Waals surface area contributed by atoms with Crippen LogP contribution in [0, 0.1) is 29.6 Å². The van der Waals surface area contributed by atoms with E-state index in [1.807, 2.05) is 108 Å². The van der Waals surface area contributed by atoms with Crippen molar-refractivity contribution in [3.05, 3.63) is 165 Å². The predicted octanol–water partition coefficient (Wildman–Crippen LogP) is 15.4. The maximum absolute atomic E-state index is 14.5. The minimum absolute atomic E-state index is 0. The van der Waals surface area contributed by atoms with Crippen molar-refractivity contribution in [3.8, 4) is 11.1 Å². The molecule has 4 heterocycles. The van der Waals surface area contributed by atoms with Crippen molar-refractivity contribution in [2.75, 3.05) is 86.2 Å². The minimum Gasteiger partial charge on any atom is -0.465 e. The van der Waals surface area contributed by atoms with Gasteiger partial charge in [-0.25, -0.2) is 9.97 Å². The number of rotatable bonds is 42. The summed E-state index contributed by atoms with van der Waals surface area (Å²) in [5.74, 6) is -1.28. The summed E-state index contributed by atoms with van der Waals surface area (Å²) in [6.07, 6.45) is 12.3. The number of ether oxygens (including phenoxy) is 5. The highest BCUT2D eigenvalue weighted by Crippen LogP contribution is 2.45. The van der Waals surface area contributed by atoms with Gasteiger partial charge in [-0.2, -0.15) is 23.5 Å². The van der Waals surface area contributed by atoms with E-state index in [9.17, 15) is 33.6 Å². The zero-order valence-electron chi connectivity index (χ0n) is 66.5. The molecule has 2 N–H and O–H groups in total. The minimum atomic E-state index is -0.618. The molecule has 610 valence electrons. The fraction of sp³-hybridized carbons (Fsp3) is 0.580. The Bertz CT molecular complexity index is 3760. The largest absolute Gasteiger partial charge is 0.465 e. The number of carbonyl (C=O) groups excluding carboxylic acids is 7. The lowest BCUT2D eigenvalue weighted by Gasteiger charge is -2.40. The summed E-state index contributed by atoms with van der Waals surface area (Å²) >= 11 is 6.19. The van der Waals surface area contributed by atoms with Gasteiger partial charge in [0.25, 0.3) is 0 Å². The molecule has 4 aromatic carbocycles. The van der Waals surface area contributed by atoms with Gasteiger partial charge in [-0.1, -0.05) is 178 Å². The molecule has 111 heavy (non-hydrogen) atoms. The van der Waals surface area contributed by atoms with E-state index in [-0.39, 0.29) is 124 Å². The zero-order valence-corrected chi connectivity index (χ0v) is 69.8. The lowest BCUT2D eigenvalue weighted by Crippen LogP contribution is -2.55. The quantitative estimate of drug-likeness (QED) is 0.0351. The third-order valence-electron chi connectivity index (χ3n) is 23.0. The molecule has 2 fully saturated rings. The van der Waals surface area contributed by atoms with Crippen LogP contribution in [0.3, 0.4) is 0 Å². The number of aromatic nitrogens is 2. The lowest BCUT2D eigenvalue weighted by molar-refractivity contribution is -0.151. The first-order valence-electron chi connectivity index (χ1n) is 38.8. The highest BCUT2D eigenvalue weighted by Gasteiger charge is 2.46. The molecule has 4 amide bonds. The average molecular weight is 1600 g/mol. The predicted molar refractivity (Wildman–Crippen MR) is 452 cm³/mol. The number of nitrogens with zero attached hydrogens (tertiary/aromatic N) is 6. The first kappa shape index (κ1) is 93.2. The van der Waals surface area contributed by atoms with Crippen molar-refractivity contribution in [1.29, 1.82) is 0 Å². The monoisotopic (exact) mass is 1600 g/mol. The Labute approximate surface area is 679 Å². The molecule has 0 radical (unpaired) electrons. The second-order valence-electron chi connectivity index (χ2n) is 29.9. The zero-order chi connectivity index (χ0) is 78.8. The summed E-state index contributed by atoms with van der Waals surface area (Å²) in [4.78, 5) is 114. The summed E-state index contributed by atoms with van der Waals surface area (Å²) < 4.78 is 30.1. The van der Waals surface area contributed by atoms with Crippen LogP contribution in [0.2, 0.25) is 0 Å². The van der Waals surface area contributed by atoms with Gasteiger partial charge >= 0.3 is 5.97 Å². The molecule has 3 aliphatic rings. The van der Waals surface area contributed by atoms with E-state index in [1.165, 1.54) is 29.1 Å². The molecule has 6 aromatic rings. The molecule has 23 heteroatoms. The summed E-state index contributed by atoms with van der Waals surface area (Å²) in [6.45, 7) is 13.5. The summed E-state index contributed by atoms with van der Waals surface area (Å²) in [5.41, 5.74) is 13.1. The Morgan fingerprint density at radius 1 is 0.550 bits per heavy atom. The second kappa shape index (κ2) is 46.6. The number of fused-ring (bicyclic) bond motifs is 3. The van der Waals surface area contributed by atoms with Gasteiger partial charge in [-0.15, -0.1) is 22.7 Å². The number of thioether (sulfide) groups is 2. The number of esters is 1. The van der Waals surface area contributed by atoms with Crippen molar-refractivity contribution in [1.82, 2.24) is 29.6 Å². The van der Waals surface area contributed by atoms with Gasteiger partial charge in [0.1, 0.15) is 18.2 Å². The number of amides is 4. The van der Waals surface area contributed by atoms with Gasteiger partial charge in [0.05, 0.1) is 89.8 Å². The maximum Gasteiger partial charge on any atom is 0.306 e. The number of ketones is 2. The van der Waals surface area contributed by atoms with Gasteiger partial charge in [0, 0.05) is 133 Å². The van der Waals surface area contributed by atoms with Gasteiger partial charge in [-0.05, 0) is 96.3 Å². The fourth-order valence-corrected chi connectivity index (χ4v) is 19.4. The van der Waals surface area contributed by atoms with E-state index in [4.69, 9.17) is 29.4 Å². The Balaban J connectivity index is 0.000000357. The average Bonchev–Trinajstić information content (AvgIpc) is 1.66. The molecule has 0 saturated carbocycles. The number of carbonyl (C=O) groups is 7. The van der Waals surface area contributed by atoms with Crippen LogP contribution >= 0.6 is 46.2 Å². The van der Waals surface area contributed by atoms with Gasteiger partial charge in [0.2, 0.25) is 23.6 Å². The molecule has 0 unspecified atom stereocenters. The summed E-state index contributed by atoms with van der Waals surface area (Å²) in [7, 11) is 9.98. The van der Waals surface area contributed by atoms with Crippen LogP contribution in [0.5, 0.6) is 0 Å². The van der Waals surface area contributed by atoms with Crippen LogP contribution in [-0.4, -0.2) is 212 Å². The van der Waals surface area contributed by atoms with E-state index in [0.717, 1.165) is 82.8 Å². The molecule has 2 aromatic heterocycles. The van der Waals surface area contributed by atoms with Crippen molar-refractivity contribution in [2.45, 2.75) is 212 Å². The van der Waals surface area contributed by atoms with E-state index in [1.54, 1.807) is 87.4 Å². The van der Waals surface area contributed by atoms with Crippen LogP contribution in [0.15, 0.2) is 132 Å². The van der Waals surface area contributed by atoms with Crippen molar-refractivity contribution in [3.63, 3.8) is 0 Å². The molecule has 0 bridgehead atoms. The van der Waals surface area contributed by atoms with E-state index >= 15 is 0 Å². The molecule has 19 nitrogen and oxygen atoms in total. The highest BCUT2D eigenvalue weighted by molar-refractivity contribution is 7.98. The topological polar surface area (TPSA) is 230 Å². The molecular formula is C88H127N7O12S4. The standard InChI is InChI=1S/C51H65N3O7S2.C35H54N4O5S2.2CH4/c1-8-33(2)48(53(4)51(58)37(32-62-7)29-47(57)61-31-42-40-21-14-12-19-38(40)39-20-13-15-22-41(39)42)45(59-5)30-46(56)54-25-16-23-43(54)49(60-6)34(3)44(55)28-36(50-52-24-26-63-50)27-35-17-10-9-11-18-35;1-8-23(2)32(38(4)35(42)27(36)22-45-7)30(43-5)21-31(41)39-17-12-15-28(39)33(44-6)24(3)29(40)20-26(34-37-16-18-46-34)19-25-13-10-9-11-14-25;;/h9-15,17-22,24,26,33-34,36-37,42-43,45,48-49H,8,16,23,25,27-32H2,1-7H3;9-11,13-14,16,18,23-24,26-28,30,32-33H,8,12,15,17,19-22,36H2,1-7H3;2*1H4/t33-,34-,36+,37-,43-,45+,48-,49+;23-,24-,26+,27-,28-,30+,32-,33+;;/m00../s1. The van der Waals surface area contributed by atoms with Crippen LogP contribution in [0.4, 0.5) is 0 Å². The van der Waals surface area contributed by atoms with Crippen molar-refractivity contribution >= 4 is 87.4 Å². The molecule has 16 atom stereocenters. The smallest absolute Gasteiger partial charge is 0.306 e. The summed E-state index contributed by atoms with van der Waals surface area (Å²) in [5, 5.41) is 5.79. The third kappa shape index (κ3) is 24.4. The maximum atomic E-state index is 14.5. The van der Waals surface area contributed by atoms with Crippen LogP contribution in [0.25, 0.3) is 11.1 Å². The number of nitrogens with two attached hydrogens (primary N) is 1. The number of hydrogen-bond donors (Lipinski definition) is 1. The fourth-order valence-electron chi connectivity index (χ4n) is 16.8. The number of likely N-dealkylation sites (N-methyl/N-ethyl adjacent to an activating group) is 2. The van der Waals surface area contributed by atoms with Crippen LogP contribution in [-0.2, 0) is 70.1 Å². The van der Waals surface area contributed by atoms with E-state index < -0.39 is 60.2 Å². The number of benzene rings is 4. The normalized spacial score (nSPS) is 18.4. The van der Waals surface area contributed by atoms with Crippen molar-refractivity contribution < 1.29 is 57.2 Å². The highest BCUT2D eigenvalue weighted by atomic mass is 32.2. The van der Waals surface area contributed by atoms with Crippen LogP contribution in [0.1, 0.15) is 177 Å². The molecule has 9 rings (SSSR count). The number of Topliss-reactive ketones (excluding diaryl/α,β-unsaturated/α-hetero) is 2.